The lowest BCUT2D eigenvalue weighted by Crippen LogP contribution is -1.97. The van der Waals surface area contributed by atoms with Gasteiger partial charge >= 0.3 is 0 Å². The minimum Gasteiger partial charge on any atom is -0.250 e. The topological polar surface area (TPSA) is 46.0 Å². The van der Waals surface area contributed by atoms with Crippen molar-refractivity contribution in [3.63, 3.8) is 0 Å². The second-order valence-electron chi connectivity index (χ2n) is 4.67. The van der Waals surface area contributed by atoms with Crippen molar-refractivity contribution in [2.24, 2.45) is 0 Å². The second kappa shape index (κ2) is 4.46. The van der Waals surface area contributed by atoms with Gasteiger partial charge in [0.1, 0.15) is 5.82 Å². The van der Waals surface area contributed by atoms with Crippen LogP contribution in [-0.2, 0) is 0 Å². The molecule has 0 radical (unpaired) electrons. The summed E-state index contributed by atoms with van der Waals surface area (Å²) in [5.74, 6) is -0.274. The first-order chi connectivity index (χ1) is 10.2. The molecule has 0 saturated carbocycles. The van der Waals surface area contributed by atoms with E-state index in [9.17, 15) is 4.39 Å². The normalized spacial score (nSPS) is 11.3. The number of aromatic nitrogens is 4. The molecule has 0 aliphatic heterocycles. The standard InChI is InChI=1S/C15H9FN4S/c16-10-7-5-9(6-8-10)13-11-3-1-2-4-12(11)14-17-18-15(21)20(14)19-13/h1-8H,(H,18,21). The summed E-state index contributed by atoms with van der Waals surface area (Å²) in [5, 5.41) is 13.4. The van der Waals surface area contributed by atoms with E-state index in [1.165, 1.54) is 12.1 Å². The van der Waals surface area contributed by atoms with E-state index >= 15 is 0 Å². The Morgan fingerprint density at radius 3 is 2.48 bits per heavy atom. The third kappa shape index (κ3) is 1.84. The maximum absolute atomic E-state index is 13.1. The Balaban J connectivity index is 2.17. The third-order valence-electron chi connectivity index (χ3n) is 3.39. The average molecular weight is 296 g/mol. The molecule has 0 unspecified atom stereocenters. The van der Waals surface area contributed by atoms with Crippen molar-refractivity contribution in [1.29, 1.82) is 0 Å². The van der Waals surface area contributed by atoms with Crippen LogP contribution < -0.4 is 0 Å². The first-order valence-corrected chi connectivity index (χ1v) is 6.77. The van der Waals surface area contributed by atoms with Gasteiger partial charge in [0.15, 0.2) is 5.65 Å². The van der Waals surface area contributed by atoms with Crippen LogP contribution in [0.4, 0.5) is 4.39 Å². The number of fused-ring (bicyclic) bond motifs is 3. The highest BCUT2D eigenvalue weighted by Gasteiger charge is 2.12. The van der Waals surface area contributed by atoms with Gasteiger partial charge < -0.3 is 0 Å². The molecule has 4 nitrogen and oxygen atoms in total. The minimum atomic E-state index is -0.274. The van der Waals surface area contributed by atoms with Gasteiger partial charge in [-0.1, -0.05) is 24.3 Å². The number of nitrogens with zero attached hydrogens (tertiary/aromatic N) is 3. The molecule has 2 heterocycles. The van der Waals surface area contributed by atoms with E-state index in [1.807, 2.05) is 24.3 Å². The van der Waals surface area contributed by atoms with Crippen LogP contribution in [0.1, 0.15) is 0 Å². The Bertz CT molecular complexity index is 1020. The first-order valence-electron chi connectivity index (χ1n) is 6.36. The summed E-state index contributed by atoms with van der Waals surface area (Å²) in [6, 6.07) is 14.1. The number of benzene rings is 2. The van der Waals surface area contributed by atoms with Crippen molar-refractivity contribution in [2.75, 3.05) is 0 Å². The van der Waals surface area contributed by atoms with Gasteiger partial charge in [0, 0.05) is 16.3 Å². The van der Waals surface area contributed by atoms with Crippen molar-refractivity contribution in [3.05, 3.63) is 59.1 Å². The van der Waals surface area contributed by atoms with E-state index in [2.05, 4.69) is 15.3 Å². The molecular weight excluding hydrogens is 287 g/mol. The van der Waals surface area contributed by atoms with Crippen molar-refractivity contribution in [2.45, 2.75) is 0 Å². The Morgan fingerprint density at radius 1 is 1.00 bits per heavy atom. The highest BCUT2D eigenvalue weighted by atomic mass is 32.1. The van der Waals surface area contributed by atoms with Crippen molar-refractivity contribution >= 4 is 28.6 Å². The Kier molecular flexibility index (Phi) is 2.58. The van der Waals surface area contributed by atoms with Gasteiger partial charge in [-0.05, 0) is 36.5 Å². The lowest BCUT2D eigenvalue weighted by molar-refractivity contribution is 0.628. The number of hydrogen-bond acceptors (Lipinski definition) is 3. The number of halogens is 1. The zero-order valence-corrected chi connectivity index (χ0v) is 11.6. The highest BCUT2D eigenvalue weighted by Crippen LogP contribution is 2.28. The van der Waals surface area contributed by atoms with Crippen LogP contribution >= 0.6 is 12.2 Å². The molecular formula is C15H9FN4S. The van der Waals surface area contributed by atoms with E-state index in [0.29, 0.717) is 10.4 Å². The predicted octanol–water partition coefficient (Wildman–Crippen LogP) is 3.75. The van der Waals surface area contributed by atoms with E-state index in [1.54, 1.807) is 16.6 Å². The number of hydrogen-bond donors (Lipinski definition) is 1. The third-order valence-corrected chi connectivity index (χ3v) is 3.66. The summed E-state index contributed by atoms with van der Waals surface area (Å²) < 4.78 is 15.1. The molecule has 0 atom stereocenters. The molecule has 0 amide bonds. The number of rotatable bonds is 1. The average Bonchev–Trinajstić information content (AvgIpc) is 2.89. The molecule has 2 aromatic carbocycles. The summed E-state index contributed by atoms with van der Waals surface area (Å²) >= 11 is 5.20. The second-order valence-corrected chi connectivity index (χ2v) is 5.05. The lowest BCUT2D eigenvalue weighted by Gasteiger charge is -2.07. The van der Waals surface area contributed by atoms with E-state index < -0.39 is 0 Å². The molecule has 102 valence electrons. The quantitative estimate of drug-likeness (QED) is 0.544. The van der Waals surface area contributed by atoms with Gasteiger partial charge in [-0.3, -0.25) is 0 Å². The maximum Gasteiger partial charge on any atom is 0.216 e. The first kappa shape index (κ1) is 12.2. The molecule has 0 aliphatic rings. The fraction of sp³-hybridized carbons (Fsp3) is 0. The van der Waals surface area contributed by atoms with Gasteiger partial charge in [-0.25, -0.2) is 9.49 Å². The zero-order chi connectivity index (χ0) is 14.4. The fourth-order valence-corrected chi connectivity index (χ4v) is 2.59. The van der Waals surface area contributed by atoms with E-state index in [4.69, 9.17) is 12.2 Å². The van der Waals surface area contributed by atoms with Crippen LogP contribution in [0.15, 0.2) is 48.5 Å². The fourth-order valence-electron chi connectivity index (χ4n) is 2.42. The van der Waals surface area contributed by atoms with E-state index in [0.717, 1.165) is 22.0 Å². The summed E-state index contributed by atoms with van der Waals surface area (Å²) in [5.41, 5.74) is 2.26. The molecule has 6 heteroatoms. The maximum atomic E-state index is 13.1. The van der Waals surface area contributed by atoms with Crippen molar-refractivity contribution < 1.29 is 4.39 Å². The van der Waals surface area contributed by atoms with Crippen LogP contribution in [-0.4, -0.2) is 19.8 Å². The molecule has 0 bridgehead atoms. The van der Waals surface area contributed by atoms with Gasteiger partial charge in [-0.15, -0.1) is 0 Å². The van der Waals surface area contributed by atoms with Crippen LogP contribution in [0.5, 0.6) is 0 Å². The van der Waals surface area contributed by atoms with Crippen LogP contribution in [0.2, 0.25) is 0 Å². The largest absolute Gasteiger partial charge is 0.250 e. The Morgan fingerprint density at radius 2 is 1.71 bits per heavy atom. The van der Waals surface area contributed by atoms with Crippen LogP contribution in [0, 0.1) is 10.6 Å². The number of H-pyrrole nitrogens is 1. The predicted molar refractivity (Wildman–Crippen MR) is 81.1 cm³/mol. The number of nitrogens with one attached hydrogen (secondary N) is 1. The Hall–Kier alpha value is -2.60. The van der Waals surface area contributed by atoms with Crippen molar-refractivity contribution in [3.8, 4) is 11.3 Å². The van der Waals surface area contributed by atoms with Crippen LogP contribution in [0.25, 0.3) is 27.7 Å². The molecule has 0 aliphatic carbocycles. The minimum absolute atomic E-state index is 0.274. The summed E-state index contributed by atoms with van der Waals surface area (Å²) in [6.45, 7) is 0. The molecule has 1 N–H and O–H groups in total. The molecule has 4 aromatic rings. The molecule has 0 spiro atoms. The molecule has 0 saturated heterocycles. The molecule has 2 aromatic heterocycles. The zero-order valence-electron chi connectivity index (χ0n) is 10.7. The van der Waals surface area contributed by atoms with E-state index in [-0.39, 0.29) is 5.82 Å². The monoisotopic (exact) mass is 296 g/mol. The van der Waals surface area contributed by atoms with Gasteiger partial charge in [0.25, 0.3) is 0 Å². The molecule has 21 heavy (non-hydrogen) atoms. The summed E-state index contributed by atoms with van der Waals surface area (Å²) in [4.78, 5) is 0. The van der Waals surface area contributed by atoms with Gasteiger partial charge in [0.2, 0.25) is 4.77 Å². The molecule has 4 rings (SSSR count). The summed E-state index contributed by atoms with van der Waals surface area (Å²) in [6.07, 6.45) is 0. The van der Waals surface area contributed by atoms with Crippen LogP contribution in [0.3, 0.4) is 0 Å². The SMILES string of the molecule is Fc1ccc(-c2nn3c(=S)[nH]nc3c3ccccc23)cc1. The molecule has 0 fully saturated rings. The van der Waals surface area contributed by atoms with Crippen molar-refractivity contribution in [1.82, 2.24) is 19.8 Å². The lowest BCUT2D eigenvalue weighted by atomic mass is 10.1. The number of aromatic amines is 1. The van der Waals surface area contributed by atoms with Gasteiger partial charge in [0.05, 0.1) is 5.69 Å². The Labute approximate surface area is 123 Å². The van der Waals surface area contributed by atoms with Gasteiger partial charge in [-0.2, -0.15) is 14.7 Å². The summed E-state index contributed by atoms with van der Waals surface area (Å²) in [7, 11) is 0. The highest BCUT2D eigenvalue weighted by molar-refractivity contribution is 7.71. The smallest absolute Gasteiger partial charge is 0.216 e.